The Morgan fingerprint density at radius 2 is 2.00 bits per heavy atom. The van der Waals surface area contributed by atoms with Crippen LogP contribution in [0.25, 0.3) is 0 Å². The Hall–Kier alpha value is -0.630. The van der Waals surface area contributed by atoms with E-state index in [1.54, 1.807) is 0 Å². The first-order chi connectivity index (χ1) is 7.23. The number of aliphatic hydroxyl groups excluding tert-OH is 1. The molecule has 3 nitrogen and oxygen atoms in total. The minimum atomic E-state index is -2.75. The molecule has 0 aliphatic rings. The summed E-state index contributed by atoms with van der Waals surface area (Å²) in [6.07, 6.45) is 0.910. The number of hydrogen-bond donors (Lipinski definition) is 1. The predicted molar refractivity (Wildman–Crippen MR) is 61.9 cm³/mol. The third-order valence-corrected chi connectivity index (χ3v) is 4.76. The van der Waals surface area contributed by atoms with E-state index >= 15 is 0 Å². The quantitative estimate of drug-likeness (QED) is 0.757. The van der Waals surface area contributed by atoms with Crippen molar-refractivity contribution < 1.29 is 14.2 Å². The molecule has 0 aromatic heterocycles. The molecule has 0 amide bonds. The molecule has 0 saturated heterocycles. The van der Waals surface area contributed by atoms with Crippen LogP contribution < -0.4 is 5.30 Å². The summed E-state index contributed by atoms with van der Waals surface area (Å²) in [7, 11) is -2.75. The predicted octanol–water partition coefficient (Wildman–Crippen LogP) is 2.01. The van der Waals surface area contributed by atoms with Crippen LogP contribution in [0.15, 0.2) is 30.3 Å². The van der Waals surface area contributed by atoms with E-state index in [0.717, 1.165) is 5.30 Å². The number of benzene rings is 1. The van der Waals surface area contributed by atoms with E-state index in [9.17, 15) is 4.57 Å². The van der Waals surface area contributed by atoms with Gasteiger partial charge in [-0.1, -0.05) is 18.2 Å². The van der Waals surface area contributed by atoms with Crippen LogP contribution in [-0.4, -0.2) is 24.5 Å². The zero-order valence-corrected chi connectivity index (χ0v) is 9.82. The Labute approximate surface area is 90.5 Å². The maximum absolute atomic E-state index is 12.4. The third-order valence-electron chi connectivity index (χ3n) is 2.10. The van der Waals surface area contributed by atoms with Gasteiger partial charge in [-0.15, -0.1) is 0 Å². The van der Waals surface area contributed by atoms with E-state index < -0.39 is 7.37 Å². The summed E-state index contributed by atoms with van der Waals surface area (Å²) in [4.78, 5) is 0. The van der Waals surface area contributed by atoms with Crippen LogP contribution in [0.1, 0.15) is 13.3 Å². The summed E-state index contributed by atoms with van der Waals surface area (Å²) < 4.78 is 17.8. The highest BCUT2D eigenvalue weighted by atomic mass is 31.2. The van der Waals surface area contributed by atoms with Crippen molar-refractivity contribution in [3.8, 4) is 0 Å². The molecule has 1 atom stereocenters. The molecular formula is C11H17O3P. The third kappa shape index (κ3) is 3.45. The average molecular weight is 228 g/mol. The van der Waals surface area contributed by atoms with E-state index in [2.05, 4.69) is 0 Å². The Kier molecular flexibility index (Phi) is 5.03. The average Bonchev–Trinajstić information content (AvgIpc) is 2.28. The summed E-state index contributed by atoms with van der Waals surface area (Å²) in [5.41, 5.74) is 0. The summed E-state index contributed by atoms with van der Waals surface area (Å²) in [6, 6.07) is 9.20. The fourth-order valence-corrected chi connectivity index (χ4v) is 3.55. The van der Waals surface area contributed by atoms with Crippen molar-refractivity contribution in [2.45, 2.75) is 13.3 Å². The van der Waals surface area contributed by atoms with E-state index in [4.69, 9.17) is 9.63 Å². The second-order valence-electron chi connectivity index (χ2n) is 3.23. The van der Waals surface area contributed by atoms with Crippen LogP contribution >= 0.6 is 7.37 Å². The van der Waals surface area contributed by atoms with Crippen molar-refractivity contribution in [1.29, 1.82) is 0 Å². The molecule has 0 bridgehead atoms. The van der Waals surface area contributed by atoms with Gasteiger partial charge in [0.05, 0.1) is 6.61 Å². The van der Waals surface area contributed by atoms with E-state index in [0.29, 0.717) is 19.2 Å². The monoisotopic (exact) mass is 228 g/mol. The van der Waals surface area contributed by atoms with Gasteiger partial charge < -0.3 is 9.63 Å². The van der Waals surface area contributed by atoms with E-state index in [1.165, 1.54) is 0 Å². The van der Waals surface area contributed by atoms with Crippen LogP contribution in [0.5, 0.6) is 0 Å². The molecule has 0 aliphatic carbocycles. The fourth-order valence-electron chi connectivity index (χ4n) is 1.41. The maximum Gasteiger partial charge on any atom is 0.232 e. The Morgan fingerprint density at radius 3 is 2.53 bits per heavy atom. The molecule has 0 fully saturated rings. The molecule has 0 aliphatic heterocycles. The highest BCUT2D eigenvalue weighted by Gasteiger charge is 2.24. The van der Waals surface area contributed by atoms with Crippen molar-refractivity contribution in [2.75, 3.05) is 19.4 Å². The minimum absolute atomic E-state index is 0.0455. The number of rotatable bonds is 6. The van der Waals surface area contributed by atoms with Crippen molar-refractivity contribution in [3.05, 3.63) is 30.3 Å². The highest BCUT2D eigenvalue weighted by molar-refractivity contribution is 7.67. The van der Waals surface area contributed by atoms with Gasteiger partial charge in [-0.2, -0.15) is 0 Å². The lowest BCUT2D eigenvalue weighted by atomic mass is 10.4. The lowest BCUT2D eigenvalue weighted by molar-refractivity contribution is 0.289. The van der Waals surface area contributed by atoms with Crippen molar-refractivity contribution in [2.24, 2.45) is 0 Å². The molecule has 1 rings (SSSR count). The molecule has 0 radical (unpaired) electrons. The first-order valence-electron chi connectivity index (χ1n) is 5.13. The molecule has 0 spiro atoms. The van der Waals surface area contributed by atoms with Crippen molar-refractivity contribution in [1.82, 2.24) is 0 Å². The maximum atomic E-state index is 12.4. The zero-order valence-electron chi connectivity index (χ0n) is 8.93. The number of aliphatic hydroxyl groups is 1. The Balaban J connectivity index is 2.86. The molecule has 15 heavy (non-hydrogen) atoms. The molecule has 1 aromatic carbocycles. The normalized spacial score (nSPS) is 14.8. The molecule has 0 heterocycles. The molecule has 1 N–H and O–H groups in total. The minimum Gasteiger partial charge on any atom is -0.396 e. The molecule has 1 unspecified atom stereocenters. The van der Waals surface area contributed by atoms with Gasteiger partial charge in [0.2, 0.25) is 7.37 Å². The summed E-state index contributed by atoms with van der Waals surface area (Å²) >= 11 is 0. The van der Waals surface area contributed by atoms with Crippen LogP contribution in [0.2, 0.25) is 0 Å². The second kappa shape index (κ2) is 6.06. The topological polar surface area (TPSA) is 46.5 Å². The molecular weight excluding hydrogens is 211 g/mol. The fraction of sp³-hybridized carbons (Fsp3) is 0.455. The first-order valence-corrected chi connectivity index (χ1v) is 6.94. The van der Waals surface area contributed by atoms with Gasteiger partial charge >= 0.3 is 0 Å². The molecule has 84 valence electrons. The van der Waals surface area contributed by atoms with Crippen molar-refractivity contribution in [3.63, 3.8) is 0 Å². The Morgan fingerprint density at radius 1 is 1.33 bits per heavy atom. The van der Waals surface area contributed by atoms with Gasteiger partial charge in [-0.3, -0.25) is 4.57 Å². The van der Waals surface area contributed by atoms with Crippen LogP contribution in [0, 0.1) is 0 Å². The second-order valence-corrected chi connectivity index (χ2v) is 5.80. The van der Waals surface area contributed by atoms with Crippen LogP contribution in [0.4, 0.5) is 0 Å². The van der Waals surface area contributed by atoms with Gasteiger partial charge in [-0.25, -0.2) is 0 Å². The largest absolute Gasteiger partial charge is 0.396 e. The molecule has 4 heteroatoms. The smallest absolute Gasteiger partial charge is 0.232 e. The van der Waals surface area contributed by atoms with Gasteiger partial charge in [-0.05, 0) is 25.5 Å². The SMILES string of the molecule is CCOP(=O)(CCCO)c1ccccc1. The molecule has 0 saturated carbocycles. The van der Waals surface area contributed by atoms with Gasteiger partial charge in [0.1, 0.15) is 0 Å². The summed E-state index contributed by atoms with van der Waals surface area (Å²) in [6.45, 7) is 2.30. The van der Waals surface area contributed by atoms with Gasteiger partial charge in [0.25, 0.3) is 0 Å². The summed E-state index contributed by atoms with van der Waals surface area (Å²) in [5, 5.41) is 9.50. The highest BCUT2D eigenvalue weighted by Crippen LogP contribution is 2.45. The van der Waals surface area contributed by atoms with Gasteiger partial charge in [0.15, 0.2) is 0 Å². The Bertz CT molecular complexity index is 324. The number of hydrogen-bond acceptors (Lipinski definition) is 3. The van der Waals surface area contributed by atoms with Gasteiger partial charge in [0, 0.05) is 18.1 Å². The van der Waals surface area contributed by atoms with E-state index in [1.807, 2.05) is 37.3 Å². The van der Waals surface area contributed by atoms with Crippen LogP contribution in [0.3, 0.4) is 0 Å². The standard InChI is InChI=1S/C11H17O3P/c1-2-14-15(13,10-6-9-12)11-7-4-3-5-8-11/h3-5,7-8,12H,2,6,9-10H2,1H3. The van der Waals surface area contributed by atoms with Crippen LogP contribution in [-0.2, 0) is 9.09 Å². The lowest BCUT2D eigenvalue weighted by Crippen LogP contribution is -2.11. The molecule has 1 aromatic rings. The first kappa shape index (κ1) is 12.4. The van der Waals surface area contributed by atoms with E-state index in [-0.39, 0.29) is 6.61 Å². The summed E-state index contributed by atoms with van der Waals surface area (Å²) in [5.74, 6) is 0. The zero-order chi connectivity index (χ0) is 11.1. The van der Waals surface area contributed by atoms with Crippen molar-refractivity contribution >= 4 is 12.7 Å². The lowest BCUT2D eigenvalue weighted by Gasteiger charge is -2.17.